The second-order valence-electron chi connectivity index (χ2n) is 11.7. The van der Waals surface area contributed by atoms with Crippen molar-refractivity contribution in [2.75, 3.05) is 11.9 Å². The summed E-state index contributed by atoms with van der Waals surface area (Å²) in [6.07, 6.45) is -1.48. The predicted octanol–water partition coefficient (Wildman–Crippen LogP) is 3.08. The average Bonchev–Trinajstić information content (AvgIpc) is 3.33. The van der Waals surface area contributed by atoms with Gasteiger partial charge in [0.15, 0.2) is 0 Å². The van der Waals surface area contributed by atoms with Crippen LogP contribution in [0.5, 0.6) is 0 Å². The van der Waals surface area contributed by atoms with Crippen LogP contribution in [0.2, 0.25) is 5.04 Å². The largest absolute Gasteiger partial charge is 0.566 e. The molecule has 1 aliphatic heterocycles. The maximum atomic E-state index is 13.1. The van der Waals surface area contributed by atoms with Gasteiger partial charge in [0.25, 0.3) is 20.0 Å². The number of hydrogen-bond donors (Lipinski definition) is 2. The minimum Gasteiger partial charge on any atom is -0.566 e. The number of amides is 1. The van der Waals surface area contributed by atoms with Gasteiger partial charge in [-0.25, -0.2) is 4.79 Å². The Balaban J connectivity index is 1.44. The van der Waals surface area contributed by atoms with E-state index in [9.17, 15) is 24.2 Å². The lowest BCUT2D eigenvalue weighted by atomic mass is 10.1. The van der Waals surface area contributed by atoms with E-state index in [4.69, 9.17) is 13.7 Å². The summed E-state index contributed by atoms with van der Waals surface area (Å²) in [5.74, 6) is -2.76. The molecule has 3 aromatic carbocycles. The molecule has 234 valence electrons. The molecule has 2 heterocycles. The predicted molar refractivity (Wildman–Crippen MR) is 169 cm³/mol. The molecule has 4 atom stereocenters. The molecule has 1 saturated heterocycles. The zero-order valence-corrected chi connectivity index (χ0v) is 26.9. The highest BCUT2D eigenvalue weighted by molar-refractivity contribution is 7.30. The van der Waals surface area contributed by atoms with Gasteiger partial charge < -0.3 is 24.5 Å². The number of hydrogen-bond acceptors (Lipinski definition) is 9. The summed E-state index contributed by atoms with van der Waals surface area (Å²) in [4.78, 5) is 41.3. The zero-order valence-electron chi connectivity index (χ0n) is 25.0. The lowest BCUT2D eigenvalue weighted by Crippen LogP contribution is -2.67. The van der Waals surface area contributed by atoms with Crippen LogP contribution in [-0.2, 0) is 18.3 Å². The fourth-order valence-electron chi connectivity index (χ4n) is 5.73. The molecular formula is C32H34N3O8PSi. The summed E-state index contributed by atoms with van der Waals surface area (Å²) in [6, 6.07) is 29.5. The molecule has 1 aliphatic rings. The lowest BCUT2D eigenvalue weighted by molar-refractivity contribution is -0.239. The van der Waals surface area contributed by atoms with Gasteiger partial charge in [0, 0.05) is 11.8 Å². The number of carbonyl (C=O) groups is 1. The van der Waals surface area contributed by atoms with Crippen LogP contribution < -0.4 is 26.3 Å². The second-order valence-corrected chi connectivity index (χ2v) is 16.7. The summed E-state index contributed by atoms with van der Waals surface area (Å²) in [6.45, 7) is 6.01. The van der Waals surface area contributed by atoms with Gasteiger partial charge in [-0.2, -0.15) is 4.98 Å². The highest BCUT2D eigenvalue weighted by Gasteiger charge is 2.57. The van der Waals surface area contributed by atoms with Gasteiger partial charge in [0.05, 0.1) is 13.0 Å². The van der Waals surface area contributed by atoms with Gasteiger partial charge >= 0.3 is 13.9 Å². The molecule has 1 amide bonds. The van der Waals surface area contributed by atoms with Crippen molar-refractivity contribution in [1.82, 2.24) is 9.55 Å². The van der Waals surface area contributed by atoms with Crippen LogP contribution in [0.15, 0.2) is 108 Å². The van der Waals surface area contributed by atoms with Gasteiger partial charge in [-0.05, 0) is 38.2 Å². The summed E-state index contributed by atoms with van der Waals surface area (Å²) in [5.41, 5.74) is -0.395. The number of rotatable bonds is 10. The first-order valence-corrected chi connectivity index (χ1v) is 17.4. The average molecular weight is 648 g/mol. The van der Waals surface area contributed by atoms with E-state index in [1.165, 1.54) is 12.3 Å². The minimum absolute atomic E-state index is 0.0174. The monoisotopic (exact) mass is 647 g/mol. The first-order valence-electron chi connectivity index (χ1n) is 14.3. The molecule has 45 heavy (non-hydrogen) atoms. The fourth-order valence-corrected chi connectivity index (χ4v) is 10.7. The second kappa shape index (κ2) is 13.2. The Labute approximate surface area is 262 Å². The number of nitrogens with zero attached hydrogens (tertiary/aromatic N) is 2. The third kappa shape index (κ3) is 6.87. The van der Waals surface area contributed by atoms with Gasteiger partial charge in [-0.3, -0.25) is 9.36 Å². The number of aliphatic hydroxyl groups is 1. The molecule has 0 saturated carbocycles. The van der Waals surface area contributed by atoms with Crippen molar-refractivity contribution in [3.8, 4) is 0 Å². The van der Waals surface area contributed by atoms with Gasteiger partial charge in [0.2, 0.25) is 0 Å². The third-order valence-electron chi connectivity index (χ3n) is 7.81. The quantitative estimate of drug-likeness (QED) is 0.150. The van der Waals surface area contributed by atoms with E-state index in [-0.39, 0.29) is 12.4 Å². The number of ether oxygens (including phenoxy) is 1. The number of aromatic nitrogens is 2. The molecule has 1 unspecified atom stereocenters. The Morgan fingerprint density at radius 3 is 2.11 bits per heavy atom. The molecule has 5 rings (SSSR count). The van der Waals surface area contributed by atoms with Gasteiger partial charge in [-0.1, -0.05) is 99.6 Å². The molecule has 13 heteroatoms. The van der Waals surface area contributed by atoms with Crippen molar-refractivity contribution in [1.29, 1.82) is 0 Å². The van der Waals surface area contributed by atoms with Crippen molar-refractivity contribution in [2.45, 2.75) is 50.3 Å². The molecule has 1 aromatic heterocycles. The lowest BCUT2D eigenvalue weighted by Gasteiger charge is -2.43. The van der Waals surface area contributed by atoms with Gasteiger partial charge in [0.1, 0.15) is 18.1 Å². The van der Waals surface area contributed by atoms with Crippen LogP contribution in [0.25, 0.3) is 0 Å². The highest BCUT2D eigenvalue weighted by Crippen LogP contribution is 2.43. The van der Waals surface area contributed by atoms with Crippen LogP contribution in [0.3, 0.4) is 0 Å². The van der Waals surface area contributed by atoms with E-state index in [0.717, 1.165) is 14.9 Å². The number of benzene rings is 3. The third-order valence-corrected chi connectivity index (χ3v) is 13.3. The number of carbonyl (C=O) groups excluding carboxylic acids is 1. The Hall–Kier alpha value is -3.87. The molecule has 0 radical (unpaired) electrons. The summed E-state index contributed by atoms with van der Waals surface area (Å²) in [7, 11) is -6.59. The summed E-state index contributed by atoms with van der Waals surface area (Å²) >= 11 is 0. The Kier molecular flexibility index (Phi) is 9.56. The van der Waals surface area contributed by atoms with E-state index < -0.39 is 57.7 Å². The standard InChI is InChI=1S/C32H34N3O8PSi/c1-31(2,3)45(24-15-9-5-10-16-24,25-17-11-6-12-18-25)41-22-26-32(38,43-44(39)40)21-28(42-26)35-20-19-27(34-30(35)37)33-29(36)23-13-7-4-8-14-23/h4-20,26,28,38H,21-22H2,1-3H3,(H,33,34,36,37)/t26-,28-,32-/m1/s1. The van der Waals surface area contributed by atoms with Crippen molar-refractivity contribution in [3.05, 3.63) is 119 Å². The topological polar surface area (TPSA) is 152 Å². The molecule has 11 nitrogen and oxygen atoms in total. The maximum absolute atomic E-state index is 13.1. The molecular weight excluding hydrogens is 613 g/mol. The van der Waals surface area contributed by atoms with Crippen LogP contribution in [-0.4, -0.2) is 47.4 Å². The van der Waals surface area contributed by atoms with Crippen molar-refractivity contribution >= 4 is 38.7 Å². The van der Waals surface area contributed by atoms with Crippen LogP contribution in [0.4, 0.5) is 5.82 Å². The zero-order chi connectivity index (χ0) is 32.2. The summed E-state index contributed by atoms with van der Waals surface area (Å²) < 4.78 is 30.8. The van der Waals surface area contributed by atoms with Crippen LogP contribution in [0.1, 0.15) is 43.8 Å². The maximum Gasteiger partial charge on any atom is 0.491 e. The van der Waals surface area contributed by atoms with E-state index in [1.54, 1.807) is 30.3 Å². The Morgan fingerprint density at radius 2 is 1.60 bits per heavy atom. The molecule has 2 N–H and O–H groups in total. The smallest absolute Gasteiger partial charge is 0.491 e. The van der Waals surface area contributed by atoms with Crippen molar-refractivity contribution in [2.24, 2.45) is 0 Å². The van der Waals surface area contributed by atoms with E-state index >= 15 is 0 Å². The first-order chi connectivity index (χ1) is 21.4. The number of nitrogens with one attached hydrogen (secondary N) is 1. The van der Waals surface area contributed by atoms with E-state index in [0.29, 0.717) is 5.56 Å². The Morgan fingerprint density at radius 1 is 1.04 bits per heavy atom. The van der Waals surface area contributed by atoms with Crippen molar-refractivity contribution < 1.29 is 33.0 Å². The van der Waals surface area contributed by atoms with E-state index in [2.05, 4.69) is 31.1 Å². The molecule has 0 aliphatic carbocycles. The SMILES string of the molecule is CC(C)(C)[Si](OC[C@H]1O[C@@H](n2ccc(NC(=O)c3ccccc3)nc2=O)C[C@@]1(O)O[P+](=O)[O-])(c1ccccc1)c1ccccc1. The Bertz CT molecular complexity index is 1660. The normalized spacial score (nSPS) is 20.5. The van der Waals surface area contributed by atoms with E-state index in [1.807, 2.05) is 60.7 Å². The highest BCUT2D eigenvalue weighted by atomic mass is 31.1. The summed E-state index contributed by atoms with van der Waals surface area (Å²) in [5, 5.41) is 15.6. The van der Waals surface area contributed by atoms with Gasteiger partial charge in [-0.15, -0.1) is 4.52 Å². The molecule has 1 fully saturated rings. The van der Waals surface area contributed by atoms with Crippen molar-refractivity contribution in [3.63, 3.8) is 0 Å². The first kappa shape index (κ1) is 32.5. The minimum atomic E-state index is -3.49. The number of anilines is 1. The fraction of sp³-hybridized carbons (Fsp3) is 0.281. The van der Waals surface area contributed by atoms with Crippen LogP contribution >= 0.6 is 8.25 Å². The molecule has 0 spiro atoms. The molecule has 0 bridgehead atoms. The molecule has 4 aromatic rings. The van der Waals surface area contributed by atoms with Crippen LogP contribution in [0, 0.1) is 0 Å².